The lowest BCUT2D eigenvalue weighted by Crippen LogP contribution is -2.32. The van der Waals surface area contributed by atoms with Gasteiger partial charge in [-0.2, -0.15) is 4.98 Å². The van der Waals surface area contributed by atoms with Crippen LogP contribution in [0.1, 0.15) is 22.5 Å². The van der Waals surface area contributed by atoms with Gasteiger partial charge in [0.2, 0.25) is 6.41 Å². The summed E-state index contributed by atoms with van der Waals surface area (Å²) < 4.78 is 63.3. The molecular formula is C24H23ClF4N4O5. The summed E-state index contributed by atoms with van der Waals surface area (Å²) in [4.78, 5) is 31.5. The fourth-order valence-electron chi connectivity index (χ4n) is 3.37. The highest BCUT2D eigenvalue weighted by atomic mass is 35.5. The van der Waals surface area contributed by atoms with Crippen LogP contribution in [0.4, 0.5) is 23.4 Å². The average Bonchev–Trinajstić information content (AvgIpc) is 3.21. The average molecular weight is 559 g/mol. The molecule has 0 radical (unpaired) electrons. The van der Waals surface area contributed by atoms with Crippen LogP contribution in [0.2, 0.25) is 5.02 Å². The molecule has 9 nitrogen and oxygen atoms in total. The predicted molar refractivity (Wildman–Crippen MR) is 129 cm³/mol. The summed E-state index contributed by atoms with van der Waals surface area (Å²) in [6, 6.07) is 8.28. The van der Waals surface area contributed by atoms with E-state index in [1.54, 1.807) is 24.3 Å². The minimum absolute atomic E-state index is 0.0680. The first-order valence-corrected chi connectivity index (χ1v) is 11.4. The number of benzene rings is 2. The number of halogens is 5. The Morgan fingerprint density at radius 2 is 1.87 bits per heavy atom. The van der Waals surface area contributed by atoms with Gasteiger partial charge in [0.15, 0.2) is 23.1 Å². The number of rotatable bonds is 11. The summed E-state index contributed by atoms with van der Waals surface area (Å²) in [5.41, 5.74) is 0.492. The maximum atomic E-state index is 14.6. The molecule has 1 heterocycles. The van der Waals surface area contributed by atoms with E-state index in [1.807, 2.05) is 0 Å². The first kappa shape index (κ1) is 28.7. The van der Waals surface area contributed by atoms with Gasteiger partial charge in [-0.05, 0) is 36.2 Å². The molecule has 0 saturated carbocycles. The lowest BCUT2D eigenvalue weighted by molar-refractivity contribution is -0.274. The number of carbonyl (C=O) groups is 2. The number of aromatic nitrogens is 2. The van der Waals surface area contributed by atoms with Crippen molar-refractivity contribution >= 4 is 29.7 Å². The maximum Gasteiger partial charge on any atom is 0.573 e. The Balaban J connectivity index is 2.15. The summed E-state index contributed by atoms with van der Waals surface area (Å²) in [5, 5.41) is 9.60. The Kier molecular flexibility index (Phi) is 9.17. The minimum atomic E-state index is -5.03. The van der Waals surface area contributed by atoms with Gasteiger partial charge in [-0.15, -0.1) is 13.2 Å². The van der Waals surface area contributed by atoms with Crippen molar-refractivity contribution in [2.75, 3.05) is 32.1 Å². The zero-order valence-corrected chi connectivity index (χ0v) is 21.0. The number of imidazole rings is 1. The highest BCUT2D eigenvalue weighted by molar-refractivity contribution is 6.30. The van der Waals surface area contributed by atoms with E-state index in [0.717, 1.165) is 17.0 Å². The van der Waals surface area contributed by atoms with Crippen molar-refractivity contribution in [1.29, 1.82) is 0 Å². The number of hydrogen-bond donors (Lipinski definition) is 1. The molecule has 0 aliphatic heterocycles. The summed E-state index contributed by atoms with van der Waals surface area (Å²) in [5.74, 6) is -3.18. The third kappa shape index (κ3) is 7.13. The smallest absolute Gasteiger partial charge is 0.422 e. The molecule has 0 aliphatic carbocycles. The third-order valence-corrected chi connectivity index (χ3v) is 5.45. The van der Waals surface area contributed by atoms with E-state index >= 15 is 0 Å². The van der Waals surface area contributed by atoms with Crippen LogP contribution in [-0.2, 0) is 11.3 Å². The van der Waals surface area contributed by atoms with Crippen LogP contribution in [0.3, 0.4) is 0 Å². The Hall–Kier alpha value is -3.84. The van der Waals surface area contributed by atoms with E-state index in [2.05, 4.69) is 9.72 Å². The van der Waals surface area contributed by atoms with Crippen molar-refractivity contribution in [1.82, 2.24) is 14.5 Å². The van der Waals surface area contributed by atoms with Gasteiger partial charge in [0.05, 0.1) is 6.54 Å². The van der Waals surface area contributed by atoms with E-state index in [1.165, 1.54) is 23.6 Å². The molecule has 0 saturated heterocycles. The van der Waals surface area contributed by atoms with Crippen molar-refractivity contribution in [3.05, 3.63) is 64.6 Å². The van der Waals surface area contributed by atoms with E-state index < -0.39 is 29.6 Å². The van der Waals surface area contributed by atoms with E-state index in [9.17, 15) is 27.2 Å². The largest absolute Gasteiger partial charge is 0.573 e. The fraction of sp³-hybridized carbons (Fsp3) is 0.292. The minimum Gasteiger partial charge on any atom is -0.422 e. The first-order chi connectivity index (χ1) is 17.9. The number of aliphatic hydroxyl groups is 1. The zero-order valence-electron chi connectivity index (χ0n) is 20.2. The summed E-state index contributed by atoms with van der Waals surface area (Å²) in [7, 11) is 2.80. The molecule has 38 heavy (non-hydrogen) atoms. The maximum absolute atomic E-state index is 14.6. The number of aliphatic hydroxyl groups excluding tert-OH is 1. The Bertz CT molecular complexity index is 1280. The summed E-state index contributed by atoms with van der Waals surface area (Å²) in [6.07, 6.45) is -4.37. The first-order valence-electron chi connectivity index (χ1n) is 11.1. The highest BCUT2D eigenvalue weighted by Crippen LogP contribution is 2.34. The second-order valence-corrected chi connectivity index (χ2v) is 8.48. The molecule has 14 heteroatoms. The number of nitrogens with zero attached hydrogens (tertiary/aromatic N) is 4. The van der Waals surface area contributed by atoms with Crippen LogP contribution in [-0.4, -0.2) is 65.5 Å². The van der Waals surface area contributed by atoms with Crippen molar-refractivity contribution in [3.8, 4) is 17.5 Å². The molecule has 204 valence electrons. The molecule has 1 N–H and O–H groups in total. The lowest BCUT2D eigenvalue weighted by Gasteiger charge is -2.20. The van der Waals surface area contributed by atoms with Gasteiger partial charge in [-0.25, -0.2) is 4.39 Å². The number of hydrogen-bond acceptors (Lipinski definition) is 6. The van der Waals surface area contributed by atoms with Gasteiger partial charge in [0, 0.05) is 38.3 Å². The molecule has 3 rings (SSSR count). The standard InChI is InChI=1S/C24H23ClF4N4O5/c1-31(10-3-11-34)22(36)20-21(32(2)14-35)30-23(33(20)13-15-4-6-16(25)7-5-15)37-19-12-17(8-9-18(19)26)38-24(27,28)29/h4-9,12,14,34H,3,10-11,13H2,1-2H3. The topological polar surface area (TPSA) is 97.1 Å². The van der Waals surface area contributed by atoms with Crippen molar-refractivity contribution in [2.45, 2.75) is 19.3 Å². The quantitative estimate of drug-likeness (QED) is 0.276. The second-order valence-electron chi connectivity index (χ2n) is 8.04. The van der Waals surface area contributed by atoms with E-state index in [-0.39, 0.29) is 43.6 Å². The van der Waals surface area contributed by atoms with Crippen molar-refractivity contribution < 1.29 is 41.7 Å². The molecule has 0 aliphatic rings. The molecule has 0 atom stereocenters. The number of carbonyl (C=O) groups excluding carboxylic acids is 2. The van der Waals surface area contributed by atoms with E-state index in [4.69, 9.17) is 21.4 Å². The van der Waals surface area contributed by atoms with Crippen molar-refractivity contribution in [2.24, 2.45) is 0 Å². The van der Waals surface area contributed by atoms with Crippen LogP contribution < -0.4 is 14.4 Å². The zero-order chi connectivity index (χ0) is 28.0. The predicted octanol–water partition coefficient (Wildman–Crippen LogP) is 4.46. The monoisotopic (exact) mass is 558 g/mol. The van der Waals surface area contributed by atoms with Crippen LogP contribution in [0.5, 0.6) is 17.5 Å². The number of ether oxygens (including phenoxy) is 2. The van der Waals surface area contributed by atoms with Crippen LogP contribution >= 0.6 is 11.6 Å². The molecule has 0 unspecified atom stereocenters. The SMILES string of the molecule is CN(CCCO)C(=O)c1c(N(C)C=O)nc(Oc2cc(OC(F)(F)F)ccc2F)n1Cc1ccc(Cl)cc1. The van der Waals surface area contributed by atoms with Crippen LogP contribution in [0, 0.1) is 5.82 Å². The Morgan fingerprint density at radius 1 is 1.18 bits per heavy atom. The van der Waals surface area contributed by atoms with Gasteiger partial charge >= 0.3 is 12.4 Å². The molecule has 2 amide bonds. The fourth-order valence-corrected chi connectivity index (χ4v) is 3.50. The highest BCUT2D eigenvalue weighted by Gasteiger charge is 2.32. The Morgan fingerprint density at radius 3 is 2.47 bits per heavy atom. The van der Waals surface area contributed by atoms with E-state index in [0.29, 0.717) is 23.1 Å². The number of alkyl halides is 3. The molecule has 1 aromatic heterocycles. The molecule has 0 bridgehead atoms. The van der Waals surface area contributed by atoms with Crippen LogP contribution in [0.25, 0.3) is 0 Å². The van der Waals surface area contributed by atoms with Gasteiger partial charge in [-0.3, -0.25) is 14.2 Å². The van der Waals surface area contributed by atoms with Crippen molar-refractivity contribution in [3.63, 3.8) is 0 Å². The van der Waals surface area contributed by atoms with Gasteiger partial charge in [0.25, 0.3) is 5.91 Å². The lowest BCUT2D eigenvalue weighted by atomic mass is 10.2. The molecular weight excluding hydrogens is 536 g/mol. The molecule has 3 aromatic rings. The number of anilines is 1. The number of amides is 2. The summed E-state index contributed by atoms with van der Waals surface area (Å²) in [6.45, 7) is -0.0818. The van der Waals surface area contributed by atoms with Gasteiger partial charge < -0.3 is 24.4 Å². The third-order valence-electron chi connectivity index (χ3n) is 5.20. The van der Waals surface area contributed by atoms with Gasteiger partial charge in [-0.1, -0.05) is 23.7 Å². The molecule has 0 fully saturated rings. The molecule has 2 aromatic carbocycles. The second kappa shape index (κ2) is 12.1. The van der Waals surface area contributed by atoms with Gasteiger partial charge in [0.1, 0.15) is 5.75 Å². The molecule has 0 spiro atoms. The Labute approximate surface area is 219 Å². The van der Waals surface area contributed by atoms with Crippen LogP contribution in [0.15, 0.2) is 42.5 Å². The normalized spacial score (nSPS) is 11.3. The summed E-state index contributed by atoms with van der Waals surface area (Å²) >= 11 is 5.96.